The second kappa shape index (κ2) is 7.94. The zero-order chi connectivity index (χ0) is 20.6. The number of fused-ring (bicyclic) bond motifs is 1. The Kier molecular flexibility index (Phi) is 5.52. The molecule has 1 N–H and O–H groups in total. The smallest absolute Gasteiger partial charge is 0.244 e. The van der Waals surface area contributed by atoms with Crippen molar-refractivity contribution < 1.29 is 17.6 Å². The molecule has 0 bridgehead atoms. The highest BCUT2D eigenvalue weighted by molar-refractivity contribution is 7.89. The van der Waals surface area contributed by atoms with E-state index in [1.165, 1.54) is 23.5 Å². The lowest BCUT2D eigenvalue weighted by Crippen LogP contribution is -2.48. The van der Waals surface area contributed by atoms with E-state index < -0.39 is 34.6 Å². The maximum atomic E-state index is 14.8. The molecule has 152 valence electrons. The standard InChI is InChI=1S/C18H16ClFN4O3S2/c19-17-4-2-12(8-21-17)29(26,27)24-6-5-13(14(20)9-24)18(25)23-11-1-3-16-15(7-11)22-10-28-16/h1-4,7-8,10,13-14H,5-6,9H2,(H,23,25)/t13-,14-/m0/s1. The van der Waals surface area contributed by atoms with Crippen LogP contribution in [0.2, 0.25) is 5.15 Å². The van der Waals surface area contributed by atoms with E-state index in [0.29, 0.717) is 5.69 Å². The summed E-state index contributed by atoms with van der Waals surface area (Å²) in [5, 5.41) is 2.87. The number of alkyl halides is 1. The Labute approximate surface area is 175 Å². The SMILES string of the molecule is O=C(Nc1ccc2scnc2c1)[C@H]1CCN(S(=O)(=O)c2ccc(Cl)nc2)C[C@@H]1F. The lowest BCUT2D eigenvalue weighted by atomic mass is 9.95. The number of nitrogens with one attached hydrogen (secondary N) is 1. The number of thiazole rings is 1. The molecule has 0 radical (unpaired) electrons. The van der Waals surface area contributed by atoms with Gasteiger partial charge in [-0.05, 0) is 36.8 Å². The van der Waals surface area contributed by atoms with Crippen molar-refractivity contribution in [3.05, 3.63) is 47.2 Å². The van der Waals surface area contributed by atoms with E-state index in [1.807, 2.05) is 6.07 Å². The van der Waals surface area contributed by atoms with E-state index >= 15 is 0 Å². The normalized spacial score (nSPS) is 20.6. The fraction of sp³-hybridized carbons (Fsp3) is 0.278. The summed E-state index contributed by atoms with van der Waals surface area (Å²) in [6, 6.07) is 7.99. The molecule has 1 saturated heterocycles. The number of hydrogen-bond donors (Lipinski definition) is 1. The molecular formula is C18H16ClFN4O3S2. The predicted octanol–water partition coefficient (Wildman–Crippen LogP) is 3.33. The van der Waals surface area contributed by atoms with Crippen molar-refractivity contribution in [2.24, 2.45) is 5.92 Å². The van der Waals surface area contributed by atoms with E-state index in [1.54, 1.807) is 17.6 Å². The van der Waals surface area contributed by atoms with Gasteiger partial charge in [-0.2, -0.15) is 4.31 Å². The molecule has 0 unspecified atom stereocenters. The van der Waals surface area contributed by atoms with Crippen molar-refractivity contribution in [3.8, 4) is 0 Å². The van der Waals surface area contributed by atoms with Crippen LogP contribution in [-0.2, 0) is 14.8 Å². The van der Waals surface area contributed by atoms with E-state index in [2.05, 4.69) is 15.3 Å². The van der Waals surface area contributed by atoms with Crippen LogP contribution in [0.5, 0.6) is 0 Å². The molecule has 2 aromatic heterocycles. The largest absolute Gasteiger partial charge is 0.326 e. The van der Waals surface area contributed by atoms with Gasteiger partial charge in [0, 0.05) is 25.0 Å². The van der Waals surface area contributed by atoms with E-state index in [9.17, 15) is 17.6 Å². The summed E-state index contributed by atoms with van der Waals surface area (Å²) in [6.45, 7) is -0.358. The zero-order valence-corrected chi connectivity index (χ0v) is 17.3. The van der Waals surface area contributed by atoms with Crippen LogP contribution in [0.1, 0.15) is 6.42 Å². The lowest BCUT2D eigenvalue weighted by molar-refractivity contribution is -0.123. The molecule has 11 heteroatoms. The summed E-state index contributed by atoms with van der Waals surface area (Å²) in [6.07, 6.45) is -0.411. The highest BCUT2D eigenvalue weighted by atomic mass is 35.5. The number of benzene rings is 1. The Balaban J connectivity index is 1.44. The number of rotatable bonds is 4. The minimum atomic E-state index is -3.90. The number of nitrogens with zero attached hydrogens (tertiary/aromatic N) is 3. The number of carbonyl (C=O) groups is 1. The molecule has 1 fully saturated rings. The number of aromatic nitrogens is 2. The average Bonchev–Trinajstić information content (AvgIpc) is 3.16. The van der Waals surface area contributed by atoms with Gasteiger partial charge in [-0.3, -0.25) is 4.79 Å². The van der Waals surface area contributed by atoms with Crippen LogP contribution in [0, 0.1) is 5.92 Å². The third kappa shape index (κ3) is 4.11. The number of anilines is 1. The third-order valence-corrected chi connectivity index (χ3v) is 7.66. The number of carbonyl (C=O) groups excluding carboxylic acids is 1. The predicted molar refractivity (Wildman–Crippen MR) is 109 cm³/mol. The highest BCUT2D eigenvalue weighted by Gasteiger charge is 2.39. The molecule has 0 spiro atoms. The van der Waals surface area contributed by atoms with Crippen molar-refractivity contribution >= 4 is 54.8 Å². The summed E-state index contributed by atoms with van der Waals surface area (Å²) in [5.41, 5.74) is 2.99. The fourth-order valence-corrected chi connectivity index (χ4v) is 5.40. The minimum absolute atomic E-state index is 0.0363. The maximum Gasteiger partial charge on any atom is 0.244 e. The Morgan fingerprint density at radius 2 is 2.10 bits per heavy atom. The molecule has 1 aromatic carbocycles. The second-order valence-electron chi connectivity index (χ2n) is 6.61. The van der Waals surface area contributed by atoms with Crippen molar-refractivity contribution in [2.75, 3.05) is 18.4 Å². The van der Waals surface area contributed by atoms with Crippen molar-refractivity contribution in [3.63, 3.8) is 0 Å². The molecule has 3 aromatic rings. The summed E-state index contributed by atoms with van der Waals surface area (Å²) in [4.78, 5) is 20.4. The molecule has 0 aliphatic carbocycles. The number of amides is 1. The molecule has 1 aliphatic heterocycles. The highest BCUT2D eigenvalue weighted by Crippen LogP contribution is 2.28. The number of sulfonamides is 1. The van der Waals surface area contributed by atoms with Crippen LogP contribution >= 0.6 is 22.9 Å². The van der Waals surface area contributed by atoms with E-state index in [4.69, 9.17) is 11.6 Å². The average molecular weight is 455 g/mol. The number of halogens is 2. The number of pyridine rings is 1. The Morgan fingerprint density at radius 3 is 2.83 bits per heavy atom. The van der Waals surface area contributed by atoms with Crippen LogP contribution in [0.4, 0.5) is 10.1 Å². The fourth-order valence-electron chi connectivity index (χ4n) is 3.23. The topological polar surface area (TPSA) is 92.3 Å². The summed E-state index contributed by atoms with van der Waals surface area (Å²) in [5.74, 6) is -1.41. The Bertz CT molecular complexity index is 1150. The quantitative estimate of drug-likeness (QED) is 0.610. The molecule has 4 rings (SSSR count). The van der Waals surface area contributed by atoms with Crippen LogP contribution in [0.15, 0.2) is 46.9 Å². The Morgan fingerprint density at radius 1 is 1.28 bits per heavy atom. The molecule has 1 aliphatic rings. The molecule has 7 nitrogen and oxygen atoms in total. The molecule has 29 heavy (non-hydrogen) atoms. The van der Waals surface area contributed by atoms with Gasteiger partial charge in [0.1, 0.15) is 16.2 Å². The van der Waals surface area contributed by atoms with Gasteiger partial charge in [0.2, 0.25) is 15.9 Å². The van der Waals surface area contributed by atoms with Gasteiger partial charge < -0.3 is 5.32 Å². The van der Waals surface area contributed by atoms with Crippen molar-refractivity contribution in [1.29, 1.82) is 0 Å². The van der Waals surface area contributed by atoms with Gasteiger partial charge >= 0.3 is 0 Å². The minimum Gasteiger partial charge on any atom is -0.326 e. The van der Waals surface area contributed by atoms with Crippen LogP contribution in [-0.4, -0.2) is 47.9 Å². The van der Waals surface area contributed by atoms with Crippen LogP contribution in [0.25, 0.3) is 10.2 Å². The first-order valence-electron chi connectivity index (χ1n) is 8.74. The van der Waals surface area contributed by atoms with E-state index in [-0.39, 0.29) is 23.0 Å². The number of hydrogen-bond acceptors (Lipinski definition) is 6. The van der Waals surface area contributed by atoms with Gasteiger partial charge in [0.25, 0.3) is 0 Å². The van der Waals surface area contributed by atoms with Crippen molar-refractivity contribution in [1.82, 2.24) is 14.3 Å². The van der Waals surface area contributed by atoms with Gasteiger partial charge in [-0.15, -0.1) is 11.3 Å². The molecule has 0 saturated carbocycles. The van der Waals surface area contributed by atoms with Crippen LogP contribution in [0.3, 0.4) is 0 Å². The molecular weight excluding hydrogens is 439 g/mol. The first kappa shape index (κ1) is 20.1. The van der Waals surface area contributed by atoms with E-state index in [0.717, 1.165) is 20.7 Å². The second-order valence-corrected chi connectivity index (χ2v) is 9.83. The lowest BCUT2D eigenvalue weighted by Gasteiger charge is -2.33. The van der Waals surface area contributed by atoms with Gasteiger partial charge in [-0.1, -0.05) is 11.6 Å². The zero-order valence-electron chi connectivity index (χ0n) is 15.0. The molecule has 3 heterocycles. The van der Waals surface area contributed by atoms with Gasteiger partial charge in [-0.25, -0.2) is 22.8 Å². The summed E-state index contributed by atoms with van der Waals surface area (Å²) in [7, 11) is -3.90. The van der Waals surface area contributed by atoms with Crippen molar-refractivity contribution in [2.45, 2.75) is 17.5 Å². The van der Waals surface area contributed by atoms with Gasteiger partial charge in [0.15, 0.2) is 0 Å². The number of piperidine rings is 1. The van der Waals surface area contributed by atoms with Crippen LogP contribution < -0.4 is 5.32 Å². The monoisotopic (exact) mass is 454 g/mol. The Hall–Kier alpha value is -2.14. The first-order valence-corrected chi connectivity index (χ1v) is 11.4. The summed E-state index contributed by atoms with van der Waals surface area (Å²) < 4.78 is 42.1. The third-order valence-electron chi connectivity index (χ3n) is 4.78. The summed E-state index contributed by atoms with van der Waals surface area (Å²) >= 11 is 7.18. The van der Waals surface area contributed by atoms with Gasteiger partial charge in [0.05, 0.1) is 21.6 Å². The maximum absolute atomic E-state index is 14.8. The molecule has 1 amide bonds. The molecule has 2 atom stereocenters. The first-order chi connectivity index (χ1) is 13.8.